The molecule has 82 valence electrons. The normalized spacial score (nSPS) is 15.1. The zero-order valence-corrected chi connectivity index (χ0v) is 9.22. The maximum atomic E-state index is 4.34. The number of hydrogen-bond acceptors (Lipinski definition) is 3. The molecule has 0 aromatic carbocycles. The van der Waals surface area contributed by atoms with Crippen molar-refractivity contribution in [3.05, 3.63) is 36.4 Å². The highest BCUT2D eigenvalue weighted by Gasteiger charge is 2.25. The summed E-state index contributed by atoms with van der Waals surface area (Å²) in [6, 6.07) is 4.59. The number of imidazole rings is 1. The van der Waals surface area contributed by atoms with E-state index in [2.05, 4.69) is 19.9 Å². The molecule has 0 unspecified atom stereocenters. The van der Waals surface area contributed by atoms with Crippen molar-refractivity contribution in [3.63, 3.8) is 0 Å². The molecule has 0 spiro atoms. The van der Waals surface area contributed by atoms with Crippen molar-refractivity contribution < 1.29 is 0 Å². The van der Waals surface area contributed by atoms with Crippen molar-refractivity contribution in [2.45, 2.75) is 25.8 Å². The van der Waals surface area contributed by atoms with Gasteiger partial charge in [-0.15, -0.1) is 0 Å². The van der Waals surface area contributed by atoms with Crippen LogP contribution in [0, 0.1) is 6.92 Å². The van der Waals surface area contributed by atoms with E-state index in [0.29, 0.717) is 6.04 Å². The summed E-state index contributed by atoms with van der Waals surface area (Å²) in [5.74, 6) is 0.915. The van der Waals surface area contributed by atoms with Crippen molar-refractivity contribution in [3.8, 4) is 0 Å². The Morgan fingerprint density at radius 1 is 1.31 bits per heavy atom. The minimum Gasteiger partial charge on any atom is -0.324 e. The number of nitrogens with one attached hydrogen (secondary N) is 1. The molecule has 2 aromatic rings. The zero-order valence-electron chi connectivity index (χ0n) is 9.22. The maximum Gasteiger partial charge on any atom is 0.207 e. The quantitative estimate of drug-likeness (QED) is 0.854. The average Bonchev–Trinajstić information content (AvgIpc) is 3.03. The lowest BCUT2D eigenvalue weighted by atomic mass is 10.3. The van der Waals surface area contributed by atoms with Crippen molar-refractivity contribution in [2.24, 2.45) is 0 Å². The van der Waals surface area contributed by atoms with Gasteiger partial charge in [0.15, 0.2) is 0 Å². The summed E-state index contributed by atoms with van der Waals surface area (Å²) < 4.78 is 2.20. The van der Waals surface area contributed by atoms with Crippen LogP contribution in [-0.2, 0) is 0 Å². The van der Waals surface area contributed by atoms with E-state index in [-0.39, 0.29) is 0 Å². The van der Waals surface area contributed by atoms with E-state index >= 15 is 0 Å². The average molecular weight is 214 g/mol. The number of aryl methyl sites for hydroxylation is 1. The summed E-state index contributed by atoms with van der Waals surface area (Å²) >= 11 is 0. The Bertz CT molecular complexity index is 499. The predicted octanol–water partition coefficient (Wildman–Crippen LogP) is 2.67. The molecule has 0 bridgehead atoms. The van der Waals surface area contributed by atoms with Gasteiger partial charge < -0.3 is 9.88 Å². The van der Waals surface area contributed by atoms with E-state index in [0.717, 1.165) is 17.3 Å². The largest absolute Gasteiger partial charge is 0.324 e. The Hall–Kier alpha value is -1.84. The van der Waals surface area contributed by atoms with E-state index in [1.165, 1.54) is 12.8 Å². The molecule has 1 fully saturated rings. The van der Waals surface area contributed by atoms with E-state index < -0.39 is 0 Å². The number of nitrogens with zero attached hydrogens (tertiary/aromatic N) is 3. The van der Waals surface area contributed by atoms with Gasteiger partial charge in [-0.05, 0) is 31.9 Å². The fraction of sp³-hybridized carbons (Fsp3) is 0.333. The lowest BCUT2D eigenvalue weighted by Crippen LogP contribution is -2.02. The summed E-state index contributed by atoms with van der Waals surface area (Å²) in [7, 11) is 0. The van der Waals surface area contributed by atoms with Gasteiger partial charge in [-0.25, -0.2) is 4.98 Å². The van der Waals surface area contributed by atoms with Gasteiger partial charge in [-0.2, -0.15) is 0 Å². The highest BCUT2D eigenvalue weighted by molar-refractivity contribution is 5.56. The third-order valence-electron chi connectivity index (χ3n) is 2.86. The monoisotopic (exact) mass is 214 g/mol. The molecule has 16 heavy (non-hydrogen) atoms. The summed E-state index contributed by atoms with van der Waals surface area (Å²) in [6.45, 7) is 1.99. The first-order chi connectivity index (χ1) is 7.84. The number of hydrogen-bond donors (Lipinski definition) is 1. The van der Waals surface area contributed by atoms with Crippen LogP contribution in [0.4, 0.5) is 11.6 Å². The Kier molecular flexibility index (Phi) is 2.13. The number of rotatable bonds is 3. The van der Waals surface area contributed by atoms with Crippen LogP contribution in [-0.4, -0.2) is 14.5 Å². The van der Waals surface area contributed by atoms with Crippen LogP contribution in [0.1, 0.15) is 24.6 Å². The molecular weight excluding hydrogens is 200 g/mol. The number of pyridine rings is 1. The van der Waals surface area contributed by atoms with Gasteiger partial charge in [0.25, 0.3) is 0 Å². The minimum absolute atomic E-state index is 0.641. The molecule has 0 radical (unpaired) electrons. The highest BCUT2D eigenvalue weighted by Crippen LogP contribution is 2.37. The second-order valence-electron chi connectivity index (χ2n) is 4.15. The molecule has 0 saturated heterocycles. The molecule has 0 amide bonds. The standard InChI is InChI=1S/C12H14N4/c1-9-11(3-2-6-13-9)15-12-14-7-8-16(12)10-4-5-10/h2-3,6-8,10H,4-5H2,1H3,(H,14,15). The van der Waals surface area contributed by atoms with E-state index in [1.807, 2.05) is 31.5 Å². The van der Waals surface area contributed by atoms with Gasteiger partial charge in [0, 0.05) is 24.6 Å². The Balaban J connectivity index is 1.88. The van der Waals surface area contributed by atoms with Crippen molar-refractivity contribution in [1.82, 2.24) is 14.5 Å². The molecular formula is C12H14N4. The van der Waals surface area contributed by atoms with Crippen LogP contribution >= 0.6 is 0 Å². The first kappa shape index (κ1) is 9.39. The van der Waals surface area contributed by atoms with E-state index in [9.17, 15) is 0 Å². The van der Waals surface area contributed by atoms with Crippen LogP contribution in [0.3, 0.4) is 0 Å². The summed E-state index contributed by atoms with van der Waals surface area (Å²) in [6.07, 6.45) is 8.19. The van der Waals surface area contributed by atoms with Crippen LogP contribution in [0.25, 0.3) is 0 Å². The Labute approximate surface area is 94.4 Å². The van der Waals surface area contributed by atoms with Gasteiger partial charge in [0.05, 0.1) is 11.4 Å². The molecule has 2 aromatic heterocycles. The van der Waals surface area contributed by atoms with Gasteiger partial charge in [-0.3, -0.25) is 4.98 Å². The number of aromatic nitrogens is 3. The second kappa shape index (κ2) is 3.63. The Morgan fingerprint density at radius 2 is 2.19 bits per heavy atom. The third kappa shape index (κ3) is 1.66. The van der Waals surface area contributed by atoms with Gasteiger partial charge in [0.2, 0.25) is 5.95 Å². The molecule has 3 rings (SSSR count). The molecule has 0 atom stereocenters. The molecule has 2 heterocycles. The lowest BCUT2D eigenvalue weighted by Gasteiger charge is -2.09. The second-order valence-corrected chi connectivity index (χ2v) is 4.15. The summed E-state index contributed by atoms with van der Waals surface area (Å²) in [4.78, 5) is 8.59. The first-order valence-corrected chi connectivity index (χ1v) is 5.56. The third-order valence-corrected chi connectivity index (χ3v) is 2.86. The number of anilines is 2. The maximum absolute atomic E-state index is 4.34. The van der Waals surface area contributed by atoms with Crippen LogP contribution in [0.5, 0.6) is 0 Å². The van der Waals surface area contributed by atoms with Crippen molar-refractivity contribution in [2.75, 3.05) is 5.32 Å². The van der Waals surface area contributed by atoms with Gasteiger partial charge in [-0.1, -0.05) is 0 Å². The molecule has 1 aliphatic rings. The molecule has 1 N–H and O–H groups in total. The fourth-order valence-corrected chi connectivity index (χ4v) is 1.79. The van der Waals surface area contributed by atoms with Crippen molar-refractivity contribution >= 4 is 11.6 Å². The summed E-state index contributed by atoms with van der Waals surface area (Å²) in [5, 5.41) is 3.33. The molecule has 0 aliphatic heterocycles. The van der Waals surface area contributed by atoms with Crippen molar-refractivity contribution in [1.29, 1.82) is 0 Å². The van der Waals surface area contributed by atoms with Gasteiger partial charge >= 0.3 is 0 Å². The summed E-state index contributed by atoms with van der Waals surface area (Å²) in [5.41, 5.74) is 2.02. The van der Waals surface area contributed by atoms with E-state index in [1.54, 1.807) is 6.20 Å². The fourth-order valence-electron chi connectivity index (χ4n) is 1.79. The molecule has 1 aliphatic carbocycles. The zero-order chi connectivity index (χ0) is 11.0. The molecule has 1 saturated carbocycles. The van der Waals surface area contributed by atoms with Crippen LogP contribution < -0.4 is 5.32 Å². The molecule has 4 nitrogen and oxygen atoms in total. The van der Waals surface area contributed by atoms with E-state index in [4.69, 9.17) is 0 Å². The lowest BCUT2D eigenvalue weighted by molar-refractivity contribution is 0.750. The first-order valence-electron chi connectivity index (χ1n) is 5.56. The SMILES string of the molecule is Cc1ncccc1Nc1nccn1C1CC1. The minimum atomic E-state index is 0.641. The van der Waals surface area contributed by atoms with Crippen LogP contribution in [0.2, 0.25) is 0 Å². The van der Waals surface area contributed by atoms with Gasteiger partial charge in [0.1, 0.15) is 0 Å². The topological polar surface area (TPSA) is 42.7 Å². The Morgan fingerprint density at radius 3 is 2.94 bits per heavy atom. The highest BCUT2D eigenvalue weighted by atomic mass is 15.2. The predicted molar refractivity (Wildman–Crippen MR) is 62.8 cm³/mol. The molecule has 4 heteroatoms. The smallest absolute Gasteiger partial charge is 0.207 e. The van der Waals surface area contributed by atoms with Crippen LogP contribution in [0.15, 0.2) is 30.7 Å².